The molecule has 0 amide bonds. The van der Waals surface area contributed by atoms with E-state index in [0.717, 1.165) is 5.56 Å². The second-order valence-electron chi connectivity index (χ2n) is 5.72. The van der Waals surface area contributed by atoms with Crippen LogP contribution in [-0.2, 0) is 9.31 Å². The fourth-order valence-corrected chi connectivity index (χ4v) is 2.13. The molecule has 1 saturated heterocycles. The summed E-state index contributed by atoms with van der Waals surface area (Å²) in [5.74, 6) is 0.0869. The van der Waals surface area contributed by atoms with E-state index in [9.17, 15) is 5.11 Å². The summed E-state index contributed by atoms with van der Waals surface area (Å²) in [6.07, 6.45) is 0. The Morgan fingerprint density at radius 2 is 1.61 bits per heavy atom. The smallest absolute Gasteiger partial charge is 0.496 e. The van der Waals surface area contributed by atoms with Crippen molar-refractivity contribution in [2.75, 3.05) is 0 Å². The Morgan fingerprint density at radius 1 is 1.11 bits per heavy atom. The van der Waals surface area contributed by atoms with Crippen LogP contribution in [0, 0.1) is 6.92 Å². The van der Waals surface area contributed by atoms with Crippen LogP contribution in [0.15, 0.2) is 12.1 Å². The monoisotopic (exact) mass is 268 g/mol. The van der Waals surface area contributed by atoms with Crippen LogP contribution in [0.4, 0.5) is 0 Å². The maximum Gasteiger partial charge on any atom is 0.496 e. The Bertz CT molecular complexity index is 469. The first kappa shape index (κ1) is 13.7. The third-order valence-electron chi connectivity index (χ3n) is 3.85. The zero-order valence-corrected chi connectivity index (χ0v) is 12.1. The van der Waals surface area contributed by atoms with Crippen LogP contribution >= 0.6 is 11.6 Å². The minimum atomic E-state index is -0.547. The van der Waals surface area contributed by atoms with Gasteiger partial charge in [-0.15, -0.1) is 0 Å². The molecule has 0 spiro atoms. The van der Waals surface area contributed by atoms with E-state index in [0.29, 0.717) is 10.5 Å². The number of halogens is 1. The molecule has 0 bridgehead atoms. The summed E-state index contributed by atoms with van der Waals surface area (Å²) < 4.78 is 11.8. The molecule has 3 nitrogen and oxygen atoms in total. The van der Waals surface area contributed by atoms with Gasteiger partial charge in [0.2, 0.25) is 0 Å². The Labute approximate surface area is 113 Å². The summed E-state index contributed by atoms with van der Waals surface area (Å²) in [4.78, 5) is 0. The molecule has 5 heteroatoms. The van der Waals surface area contributed by atoms with Gasteiger partial charge in [-0.05, 0) is 40.2 Å². The van der Waals surface area contributed by atoms with Gasteiger partial charge in [0, 0.05) is 5.46 Å². The largest absolute Gasteiger partial charge is 0.506 e. The maximum absolute atomic E-state index is 9.86. The Hall–Kier alpha value is -0.705. The number of rotatable bonds is 1. The highest BCUT2D eigenvalue weighted by Crippen LogP contribution is 2.37. The number of phenols is 1. The molecule has 1 aromatic carbocycles. The minimum Gasteiger partial charge on any atom is -0.506 e. The SMILES string of the molecule is Cc1ccc(B2OC(C)(C)C(C)(C)O2)c(Cl)c1O. The summed E-state index contributed by atoms with van der Waals surface area (Å²) in [7, 11) is -0.547. The molecule has 0 saturated carbocycles. The van der Waals surface area contributed by atoms with Gasteiger partial charge in [0.05, 0.1) is 16.2 Å². The zero-order chi connectivity index (χ0) is 13.7. The van der Waals surface area contributed by atoms with Crippen LogP contribution in [0.25, 0.3) is 0 Å². The highest BCUT2D eigenvalue weighted by atomic mass is 35.5. The highest BCUT2D eigenvalue weighted by molar-refractivity contribution is 6.66. The molecular formula is C13H18BClO3. The van der Waals surface area contributed by atoms with E-state index in [1.54, 1.807) is 6.92 Å². The molecule has 1 N–H and O–H groups in total. The number of hydrogen-bond donors (Lipinski definition) is 1. The molecule has 1 fully saturated rings. The van der Waals surface area contributed by atoms with E-state index < -0.39 is 18.3 Å². The molecule has 1 aliphatic rings. The molecule has 0 aliphatic carbocycles. The maximum atomic E-state index is 9.86. The van der Waals surface area contributed by atoms with Gasteiger partial charge >= 0.3 is 7.12 Å². The quantitative estimate of drug-likeness (QED) is 0.796. The summed E-state index contributed by atoms with van der Waals surface area (Å²) in [6.45, 7) is 9.73. The van der Waals surface area contributed by atoms with Crippen molar-refractivity contribution in [3.05, 3.63) is 22.7 Å². The molecular weight excluding hydrogens is 250 g/mol. The van der Waals surface area contributed by atoms with Crippen LogP contribution < -0.4 is 5.46 Å². The number of phenolic OH excluding ortho intramolecular Hbond substituents is 1. The molecule has 0 atom stereocenters. The fourth-order valence-electron chi connectivity index (χ4n) is 1.83. The number of aryl methyl sites for hydroxylation is 1. The summed E-state index contributed by atoms with van der Waals surface area (Å²) in [6, 6.07) is 3.64. The number of benzene rings is 1. The third-order valence-corrected chi connectivity index (χ3v) is 4.25. The Balaban J connectivity index is 2.39. The van der Waals surface area contributed by atoms with Gasteiger partial charge in [-0.25, -0.2) is 0 Å². The number of hydrogen-bond acceptors (Lipinski definition) is 3. The van der Waals surface area contributed by atoms with Crippen LogP contribution in [0.5, 0.6) is 5.75 Å². The van der Waals surface area contributed by atoms with Gasteiger partial charge in [0.25, 0.3) is 0 Å². The lowest BCUT2D eigenvalue weighted by Crippen LogP contribution is -2.41. The van der Waals surface area contributed by atoms with Crippen molar-refractivity contribution in [1.29, 1.82) is 0 Å². The van der Waals surface area contributed by atoms with Gasteiger partial charge < -0.3 is 14.4 Å². The van der Waals surface area contributed by atoms with Crippen molar-refractivity contribution >= 4 is 24.2 Å². The van der Waals surface area contributed by atoms with E-state index in [4.69, 9.17) is 20.9 Å². The summed E-state index contributed by atoms with van der Waals surface area (Å²) >= 11 is 6.15. The molecule has 1 aliphatic heterocycles. The predicted molar refractivity (Wildman–Crippen MR) is 73.6 cm³/mol. The van der Waals surface area contributed by atoms with E-state index in [1.807, 2.05) is 39.8 Å². The molecule has 98 valence electrons. The van der Waals surface area contributed by atoms with Crippen LogP contribution in [-0.4, -0.2) is 23.4 Å². The average Bonchev–Trinajstić information content (AvgIpc) is 2.45. The van der Waals surface area contributed by atoms with Gasteiger partial charge in [-0.3, -0.25) is 0 Å². The first-order valence-corrected chi connectivity index (χ1v) is 6.37. The zero-order valence-electron chi connectivity index (χ0n) is 11.4. The molecule has 0 aromatic heterocycles. The Kier molecular flexibility index (Phi) is 3.17. The van der Waals surface area contributed by atoms with E-state index in [-0.39, 0.29) is 5.75 Å². The van der Waals surface area contributed by atoms with E-state index in [1.165, 1.54) is 0 Å². The summed E-state index contributed by atoms with van der Waals surface area (Å²) in [5.41, 5.74) is 0.571. The van der Waals surface area contributed by atoms with Gasteiger partial charge in [-0.2, -0.15) is 0 Å². The summed E-state index contributed by atoms with van der Waals surface area (Å²) in [5, 5.41) is 10.2. The van der Waals surface area contributed by atoms with Crippen molar-refractivity contribution < 1.29 is 14.4 Å². The predicted octanol–water partition coefficient (Wildman–Crippen LogP) is 2.65. The van der Waals surface area contributed by atoms with Crippen LogP contribution in [0.1, 0.15) is 33.3 Å². The van der Waals surface area contributed by atoms with Crippen molar-refractivity contribution in [2.24, 2.45) is 0 Å². The van der Waals surface area contributed by atoms with Crippen molar-refractivity contribution in [3.63, 3.8) is 0 Å². The van der Waals surface area contributed by atoms with Gasteiger partial charge in [0.1, 0.15) is 5.75 Å². The lowest BCUT2D eigenvalue weighted by molar-refractivity contribution is 0.00578. The first-order valence-electron chi connectivity index (χ1n) is 5.99. The van der Waals surface area contributed by atoms with Crippen molar-refractivity contribution in [1.82, 2.24) is 0 Å². The Morgan fingerprint density at radius 3 is 2.11 bits per heavy atom. The van der Waals surface area contributed by atoms with E-state index >= 15 is 0 Å². The third kappa shape index (κ3) is 2.02. The van der Waals surface area contributed by atoms with Crippen molar-refractivity contribution in [2.45, 2.75) is 45.8 Å². The molecule has 0 unspecified atom stereocenters. The van der Waals surface area contributed by atoms with Crippen LogP contribution in [0.2, 0.25) is 5.02 Å². The van der Waals surface area contributed by atoms with Crippen LogP contribution in [0.3, 0.4) is 0 Å². The first-order chi connectivity index (χ1) is 8.16. The molecule has 2 rings (SSSR count). The minimum absolute atomic E-state index is 0.0869. The lowest BCUT2D eigenvalue weighted by Gasteiger charge is -2.32. The standard InChI is InChI=1S/C13H18BClO3/c1-8-6-7-9(10(15)11(8)16)14-17-12(2,3)13(4,5)18-14/h6-7,16H,1-5H3. The van der Waals surface area contributed by atoms with Crippen molar-refractivity contribution in [3.8, 4) is 5.75 Å². The van der Waals surface area contributed by atoms with Gasteiger partial charge in [-0.1, -0.05) is 23.7 Å². The molecule has 1 heterocycles. The molecule has 18 heavy (non-hydrogen) atoms. The topological polar surface area (TPSA) is 38.7 Å². The lowest BCUT2D eigenvalue weighted by atomic mass is 9.78. The molecule has 1 aromatic rings. The normalized spacial score (nSPS) is 21.3. The average molecular weight is 269 g/mol. The second-order valence-corrected chi connectivity index (χ2v) is 6.10. The second kappa shape index (κ2) is 4.15. The highest BCUT2D eigenvalue weighted by Gasteiger charge is 2.52. The number of aromatic hydroxyl groups is 1. The fraction of sp³-hybridized carbons (Fsp3) is 0.538. The van der Waals surface area contributed by atoms with Gasteiger partial charge in [0.15, 0.2) is 0 Å². The van der Waals surface area contributed by atoms with E-state index in [2.05, 4.69) is 0 Å². The molecule has 0 radical (unpaired) electrons.